The zero-order chi connectivity index (χ0) is 16.8. The summed E-state index contributed by atoms with van der Waals surface area (Å²) in [6.07, 6.45) is 17.8. The van der Waals surface area contributed by atoms with Crippen LogP contribution in [0.3, 0.4) is 0 Å². The minimum absolute atomic E-state index is 0.839. The summed E-state index contributed by atoms with van der Waals surface area (Å²) >= 11 is 0. The van der Waals surface area contributed by atoms with Crippen molar-refractivity contribution in [2.75, 3.05) is 0 Å². The Morgan fingerprint density at radius 2 is 1.29 bits per heavy atom. The molecule has 2 saturated carbocycles. The molecule has 0 N–H and O–H groups in total. The second-order valence-corrected chi connectivity index (χ2v) is 8.89. The number of hydrogen-bond acceptors (Lipinski definition) is 0. The van der Waals surface area contributed by atoms with Crippen LogP contribution in [0.4, 0.5) is 0 Å². The van der Waals surface area contributed by atoms with Gasteiger partial charge in [0.1, 0.15) is 0 Å². The lowest BCUT2D eigenvalue weighted by Gasteiger charge is -2.34. The lowest BCUT2D eigenvalue weighted by atomic mass is 9.71. The highest BCUT2D eigenvalue weighted by Crippen LogP contribution is 2.41. The van der Waals surface area contributed by atoms with Crippen LogP contribution >= 0.6 is 0 Å². The topological polar surface area (TPSA) is 0 Å². The zero-order valence-electron chi connectivity index (χ0n) is 16.1. The Kier molecular flexibility index (Phi) is 6.81. The van der Waals surface area contributed by atoms with Crippen molar-refractivity contribution in [3.8, 4) is 0 Å². The maximum Gasteiger partial charge on any atom is -0.0162 e. The van der Waals surface area contributed by atoms with Gasteiger partial charge in [0.25, 0.3) is 0 Å². The molecule has 0 bridgehead atoms. The highest BCUT2D eigenvalue weighted by atomic mass is 14.3. The van der Waals surface area contributed by atoms with E-state index in [2.05, 4.69) is 38.1 Å². The largest absolute Gasteiger partial charge is 0.0654 e. The second-order valence-electron chi connectivity index (χ2n) is 8.89. The lowest BCUT2D eigenvalue weighted by molar-refractivity contribution is 0.199. The summed E-state index contributed by atoms with van der Waals surface area (Å²) in [6.45, 7) is 4.52. The van der Waals surface area contributed by atoms with E-state index in [-0.39, 0.29) is 0 Å². The van der Waals surface area contributed by atoms with Crippen molar-refractivity contribution < 1.29 is 0 Å². The molecule has 0 saturated heterocycles. The molecule has 2 aliphatic rings. The Labute approximate surface area is 150 Å². The van der Waals surface area contributed by atoms with Crippen molar-refractivity contribution in [3.05, 3.63) is 35.4 Å². The molecule has 0 nitrogen and oxygen atoms in total. The van der Waals surface area contributed by atoms with E-state index in [4.69, 9.17) is 0 Å². The van der Waals surface area contributed by atoms with E-state index < -0.39 is 0 Å². The fraction of sp³-hybridized carbons (Fsp3) is 0.750. The quantitative estimate of drug-likeness (QED) is 0.503. The maximum absolute atomic E-state index is 2.37. The van der Waals surface area contributed by atoms with Gasteiger partial charge in [-0.15, -0.1) is 0 Å². The van der Waals surface area contributed by atoms with Crippen molar-refractivity contribution >= 4 is 0 Å². The second kappa shape index (κ2) is 9.07. The van der Waals surface area contributed by atoms with Crippen LogP contribution in [0.5, 0.6) is 0 Å². The summed E-state index contributed by atoms with van der Waals surface area (Å²) in [7, 11) is 0. The molecule has 0 aliphatic heterocycles. The summed E-state index contributed by atoms with van der Waals surface area (Å²) in [6, 6.07) is 9.33. The number of unbranched alkanes of at least 4 members (excludes halogenated alkanes) is 1. The molecule has 0 radical (unpaired) electrons. The highest BCUT2D eigenvalue weighted by molar-refractivity contribution is 5.24. The Bertz CT molecular complexity index is 455. The van der Waals surface area contributed by atoms with Crippen LogP contribution in [-0.4, -0.2) is 0 Å². The van der Waals surface area contributed by atoms with Gasteiger partial charge in [0.05, 0.1) is 0 Å². The Hall–Kier alpha value is -0.780. The van der Waals surface area contributed by atoms with E-state index in [1.165, 1.54) is 76.2 Å². The molecular weight excluding hydrogens is 288 g/mol. The number of rotatable bonds is 6. The van der Waals surface area contributed by atoms with Crippen molar-refractivity contribution in [2.24, 2.45) is 17.8 Å². The Morgan fingerprint density at radius 3 is 1.88 bits per heavy atom. The Morgan fingerprint density at radius 1 is 0.750 bits per heavy atom. The average molecular weight is 327 g/mol. The van der Waals surface area contributed by atoms with Crippen molar-refractivity contribution in [2.45, 2.75) is 96.8 Å². The van der Waals surface area contributed by atoms with E-state index >= 15 is 0 Å². The molecule has 1 aromatic rings. The molecule has 0 aromatic heterocycles. The minimum Gasteiger partial charge on any atom is -0.0654 e. The van der Waals surface area contributed by atoms with Gasteiger partial charge in [-0.25, -0.2) is 0 Å². The van der Waals surface area contributed by atoms with E-state index in [1.54, 1.807) is 12.0 Å². The molecule has 0 unspecified atom stereocenters. The molecule has 2 fully saturated rings. The summed E-state index contributed by atoms with van der Waals surface area (Å²) in [5, 5.41) is 0. The van der Waals surface area contributed by atoms with Crippen molar-refractivity contribution in [1.82, 2.24) is 0 Å². The summed E-state index contributed by atoms with van der Waals surface area (Å²) in [5.41, 5.74) is 2.98. The number of aryl methyl sites for hydroxylation is 1. The third kappa shape index (κ3) is 5.11. The first kappa shape index (κ1) is 18.0. The molecule has 2 aliphatic carbocycles. The zero-order valence-corrected chi connectivity index (χ0v) is 16.1. The van der Waals surface area contributed by atoms with E-state index in [1.807, 2.05) is 0 Å². The molecule has 0 heteroatoms. The van der Waals surface area contributed by atoms with Crippen LogP contribution in [-0.2, 0) is 0 Å². The predicted molar refractivity (Wildman–Crippen MR) is 105 cm³/mol. The lowest BCUT2D eigenvalue weighted by Crippen LogP contribution is -2.20. The predicted octanol–water partition coefficient (Wildman–Crippen LogP) is 7.66. The summed E-state index contributed by atoms with van der Waals surface area (Å²) < 4.78 is 0. The fourth-order valence-electron chi connectivity index (χ4n) is 5.29. The Balaban J connectivity index is 1.38. The smallest absolute Gasteiger partial charge is 0.0162 e. The number of hydrogen-bond donors (Lipinski definition) is 0. The van der Waals surface area contributed by atoms with E-state index in [0.29, 0.717) is 0 Å². The molecule has 0 amide bonds. The highest BCUT2D eigenvalue weighted by Gasteiger charge is 2.27. The van der Waals surface area contributed by atoms with Crippen LogP contribution in [0.1, 0.15) is 101 Å². The molecule has 134 valence electrons. The van der Waals surface area contributed by atoms with Gasteiger partial charge in [-0.2, -0.15) is 0 Å². The van der Waals surface area contributed by atoms with Crippen LogP contribution in [0.2, 0.25) is 0 Å². The van der Waals surface area contributed by atoms with Gasteiger partial charge < -0.3 is 0 Å². The monoisotopic (exact) mass is 326 g/mol. The van der Waals surface area contributed by atoms with Gasteiger partial charge in [-0.1, -0.05) is 81.7 Å². The van der Waals surface area contributed by atoms with Crippen LogP contribution < -0.4 is 0 Å². The third-order valence-corrected chi connectivity index (χ3v) is 6.99. The van der Waals surface area contributed by atoms with Gasteiger partial charge in [0, 0.05) is 0 Å². The molecule has 0 atom stereocenters. The van der Waals surface area contributed by atoms with Gasteiger partial charge in [-0.05, 0) is 68.3 Å². The van der Waals surface area contributed by atoms with Gasteiger partial charge in [-0.3, -0.25) is 0 Å². The van der Waals surface area contributed by atoms with Crippen molar-refractivity contribution in [3.63, 3.8) is 0 Å². The van der Waals surface area contributed by atoms with Crippen LogP contribution in [0.15, 0.2) is 24.3 Å². The first-order valence-corrected chi connectivity index (χ1v) is 10.8. The first-order chi connectivity index (χ1) is 11.7. The minimum atomic E-state index is 0.839. The third-order valence-electron chi connectivity index (χ3n) is 6.99. The fourth-order valence-corrected chi connectivity index (χ4v) is 5.29. The van der Waals surface area contributed by atoms with Gasteiger partial charge >= 0.3 is 0 Å². The first-order valence-electron chi connectivity index (χ1n) is 10.8. The average Bonchev–Trinajstić information content (AvgIpc) is 2.63. The summed E-state index contributed by atoms with van der Waals surface area (Å²) in [5.74, 6) is 4.00. The maximum atomic E-state index is 2.37. The van der Waals surface area contributed by atoms with Crippen molar-refractivity contribution in [1.29, 1.82) is 0 Å². The molecule has 0 spiro atoms. The molecule has 3 rings (SSSR count). The number of benzene rings is 1. The summed E-state index contributed by atoms with van der Waals surface area (Å²) in [4.78, 5) is 0. The van der Waals surface area contributed by atoms with Gasteiger partial charge in [0.15, 0.2) is 0 Å². The standard InChI is InChI=1S/C24H38/c1-3-4-5-20-8-10-21(11-9-20)18-22-12-16-24(17-13-22)23-14-6-19(2)7-15-23/h6-7,14-15,20-22,24H,3-5,8-13,16-18H2,1-2H3. The van der Waals surface area contributed by atoms with E-state index in [0.717, 1.165) is 23.7 Å². The molecule has 1 aromatic carbocycles. The SMILES string of the molecule is CCCCC1CCC(CC2CCC(c3ccc(C)cc3)CC2)CC1. The van der Waals surface area contributed by atoms with Crippen LogP contribution in [0.25, 0.3) is 0 Å². The normalized spacial score (nSPS) is 31.1. The van der Waals surface area contributed by atoms with E-state index in [9.17, 15) is 0 Å². The molecule has 0 heterocycles. The van der Waals surface area contributed by atoms with Crippen LogP contribution in [0, 0.1) is 24.7 Å². The van der Waals surface area contributed by atoms with Gasteiger partial charge in [0.2, 0.25) is 0 Å². The molecule has 24 heavy (non-hydrogen) atoms. The molecular formula is C24H38.